The minimum atomic E-state index is -0.893. The monoisotopic (exact) mass is 515 g/mol. The number of ether oxygens (including phenoxy) is 1. The second kappa shape index (κ2) is 10.7. The zero-order valence-electron chi connectivity index (χ0n) is 20.9. The average Bonchev–Trinajstić information content (AvgIpc) is 3.51. The van der Waals surface area contributed by atoms with Crippen molar-refractivity contribution < 1.29 is 23.4 Å². The highest BCUT2D eigenvalue weighted by Gasteiger charge is 2.17. The number of carbonyl (C=O) groups is 1. The van der Waals surface area contributed by atoms with Gasteiger partial charge in [0, 0.05) is 36.7 Å². The summed E-state index contributed by atoms with van der Waals surface area (Å²) in [4.78, 5) is 23.6. The van der Waals surface area contributed by atoms with Crippen LogP contribution in [0.4, 0.5) is 10.2 Å². The Morgan fingerprint density at radius 1 is 1.13 bits per heavy atom. The molecular weight excluding hydrogens is 489 g/mol. The fourth-order valence-corrected chi connectivity index (χ4v) is 4.39. The molecular formula is C28H26FN5O4. The Labute approximate surface area is 217 Å². The molecule has 38 heavy (non-hydrogen) atoms. The maximum atomic E-state index is 14.9. The van der Waals surface area contributed by atoms with Gasteiger partial charge in [-0.15, -0.1) is 0 Å². The average molecular weight is 516 g/mol. The van der Waals surface area contributed by atoms with Gasteiger partial charge in [-0.2, -0.15) is 0 Å². The quantitative estimate of drug-likeness (QED) is 0.256. The van der Waals surface area contributed by atoms with Crippen molar-refractivity contribution in [3.8, 4) is 28.3 Å². The van der Waals surface area contributed by atoms with Gasteiger partial charge >= 0.3 is 5.97 Å². The van der Waals surface area contributed by atoms with E-state index in [0.29, 0.717) is 47.4 Å². The maximum absolute atomic E-state index is 14.9. The largest absolute Gasteiger partial charge is 0.496 e. The molecule has 0 aliphatic carbocycles. The van der Waals surface area contributed by atoms with Gasteiger partial charge in [-0.1, -0.05) is 30.3 Å². The third-order valence-corrected chi connectivity index (χ3v) is 6.34. The number of fused-ring (bicyclic) bond motifs is 1. The SMILES string of the molecule is COc1cccc2c1c(F)c(C)n2CCNc1cc(-c2ccc(-c3cnc(CCC(=O)O)o3)cc2)ncn1. The number of halogens is 1. The Bertz CT molecular complexity index is 1590. The third-order valence-electron chi connectivity index (χ3n) is 6.34. The van der Waals surface area contributed by atoms with Crippen LogP contribution in [0.3, 0.4) is 0 Å². The van der Waals surface area contributed by atoms with Crippen molar-refractivity contribution >= 4 is 22.7 Å². The molecule has 0 saturated carbocycles. The van der Waals surface area contributed by atoms with Crippen molar-refractivity contribution in [2.45, 2.75) is 26.3 Å². The Morgan fingerprint density at radius 3 is 2.68 bits per heavy atom. The topological polar surface area (TPSA) is 115 Å². The lowest BCUT2D eigenvalue weighted by molar-refractivity contribution is -0.137. The third kappa shape index (κ3) is 5.06. The molecule has 2 aromatic carbocycles. The Morgan fingerprint density at radius 2 is 1.92 bits per heavy atom. The summed E-state index contributed by atoms with van der Waals surface area (Å²) in [5.41, 5.74) is 3.80. The van der Waals surface area contributed by atoms with Crippen molar-refractivity contribution in [2.75, 3.05) is 19.0 Å². The van der Waals surface area contributed by atoms with E-state index < -0.39 is 5.97 Å². The lowest BCUT2D eigenvalue weighted by Gasteiger charge is -2.11. The van der Waals surface area contributed by atoms with E-state index in [9.17, 15) is 9.18 Å². The molecule has 3 aromatic heterocycles. The van der Waals surface area contributed by atoms with Gasteiger partial charge in [-0.05, 0) is 19.1 Å². The summed E-state index contributed by atoms with van der Waals surface area (Å²) in [6, 6.07) is 15.0. The molecule has 0 spiro atoms. The fraction of sp³-hybridized carbons (Fsp3) is 0.214. The highest BCUT2D eigenvalue weighted by atomic mass is 19.1. The molecule has 0 aliphatic rings. The molecule has 9 nitrogen and oxygen atoms in total. The summed E-state index contributed by atoms with van der Waals surface area (Å²) in [5, 5.41) is 12.6. The van der Waals surface area contributed by atoms with E-state index in [2.05, 4.69) is 20.3 Å². The molecule has 0 fully saturated rings. The number of rotatable bonds is 10. The number of nitrogens with one attached hydrogen (secondary N) is 1. The number of aliphatic carboxylic acids is 1. The first kappa shape index (κ1) is 24.9. The summed E-state index contributed by atoms with van der Waals surface area (Å²) in [6.07, 6.45) is 3.30. The van der Waals surface area contributed by atoms with E-state index >= 15 is 0 Å². The molecule has 0 amide bonds. The molecule has 0 unspecified atom stereocenters. The molecule has 2 N–H and O–H groups in total. The summed E-state index contributed by atoms with van der Waals surface area (Å²) < 4.78 is 27.8. The Balaban J connectivity index is 1.26. The van der Waals surface area contributed by atoms with Crippen LogP contribution in [0.15, 0.2) is 65.5 Å². The van der Waals surface area contributed by atoms with Crippen LogP contribution in [-0.4, -0.2) is 44.2 Å². The van der Waals surface area contributed by atoms with Crippen LogP contribution in [0, 0.1) is 12.7 Å². The number of carboxylic acid groups (broad SMARTS) is 1. The van der Waals surface area contributed by atoms with Gasteiger partial charge in [0.2, 0.25) is 0 Å². The molecule has 0 atom stereocenters. The first-order chi connectivity index (χ1) is 18.4. The van der Waals surface area contributed by atoms with E-state index in [1.807, 2.05) is 47.0 Å². The molecule has 0 saturated heterocycles. The van der Waals surface area contributed by atoms with Crippen LogP contribution < -0.4 is 10.1 Å². The number of carboxylic acids is 1. The minimum absolute atomic E-state index is 0.0315. The number of benzene rings is 2. The number of aryl methyl sites for hydroxylation is 1. The van der Waals surface area contributed by atoms with Crippen LogP contribution in [0.2, 0.25) is 0 Å². The van der Waals surface area contributed by atoms with Gasteiger partial charge < -0.3 is 24.1 Å². The van der Waals surface area contributed by atoms with Crippen LogP contribution in [0.1, 0.15) is 18.0 Å². The molecule has 3 heterocycles. The fourth-order valence-electron chi connectivity index (χ4n) is 4.39. The predicted molar refractivity (Wildman–Crippen MR) is 141 cm³/mol. The Kier molecular flexibility index (Phi) is 7.03. The highest BCUT2D eigenvalue weighted by Crippen LogP contribution is 2.32. The second-order valence-corrected chi connectivity index (χ2v) is 8.71. The van der Waals surface area contributed by atoms with Crippen LogP contribution >= 0.6 is 0 Å². The molecule has 0 bridgehead atoms. The number of hydrogen-bond acceptors (Lipinski definition) is 7. The number of anilines is 1. The van der Waals surface area contributed by atoms with E-state index in [1.54, 1.807) is 19.2 Å². The van der Waals surface area contributed by atoms with Gasteiger partial charge in [0.15, 0.2) is 17.5 Å². The van der Waals surface area contributed by atoms with Crippen molar-refractivity contribution in [3.63, 3.8) is 0 Å². The summed E-state index contributed by atoms with van der Waals surface area (Å²) in [7, 11) is 1.54. The summed E-state index contributed by atoms with van der Waals surface area (Å²) >= 11 is 0. The van der Waals surface area contributed by atoms with Gasteiger partial charge in [-0.3, -0.25) is 4.79 Å². The van der Waals surface area contributed by atoms with Gasteiger partial charge in [0.05, 0.1) is 42.0 Å². The summed E-state index contributed by atoms with van der Waals surface area (Å²) in [5.74, 6) is 0.974. The van der Waals surface area contributed by atoms with E-state index in [1.165, 1.54) is 13.4 Å². The molecule has 0 aliphatic heterocycles. The zero-order chi connectivity index (χ0) is 26.6. The van der Waals surface area contributed by atoms with Crippen molar-refractivity contribution in [1.82, 2.24) is 19.5 Å². The number of aromatic nitrogens is 4. The zero-order valence-corrected chi connectivity index (χ0v) is 20.9. The summed E-state index contributed by atoms with van der Waals surface area (Å²) in [6.45, 7) is 2.84. The molecule has 5 rings (SSSR count). The van der Waals surface area contributed by atoms with Crippen LogP contribution in [0.25, 0.3) is 33.5 Å². The Hall–Kier alpha value is -4.73. The standard InChI is InChI=1S/C28H26FN5O4/c1-17-28(29)27-21(4-3-5-22(27)37-2)34(17)13-12-30-24-14-20(32-16-33-24)18-6-8-19(9-7-18)23-15-31-25(38-23)10-11-26(35)36/h3-9,14-16H,10-13H2,1-2H3,(H,35,36)(H,30,32,33). The molecule has 194 valence electrons. The van der Waals surface area contributed by atoms with Gasteiger partial charge in [0.25, 0.3) is 0 Å². The lowest BCUT2D eigenvalue weighted by atomic mass is 10.1. The number of oxazole rings is 1. The molecule has 10 heteroatoms. The lowest BCUT2D eigenvalue weighted by Crippen LogP contribution is -2.12. The number of methoxy groups -OCH3 is 1. The van der Waals surface area contributed by atoms with E-state index in [-0.39, 0.29) is 18.7 Å². The smallest absolute Gasteiger partial charge is 0.303 e. The van der Waals surface area contributed by atoms with Gasteiger partial charge in [-0.25, -0.2) is 19.3 Å². The normalized spacial score (nSPS) is 11.1. The first-order valence-corrected chi connectivity index (χ1v) is 12.1. The maximum Gasteiger partial charge on any atom is 0.303 e. The van der Waals surface area contributed by atoms with Crippen molar-refractivity contribution in [2.24, 2.45) is 0 Å². The van der Waals surface area contributed by atoms with Crippen LogP contribution in [-0.2, 0) is 17.8 Å². The van der Waals surface area contributed by atoms with Crippen molar-refractivity contribution in [1.29, 1.82) is 0 Å². The van der Waals surface area contributed by atoms with E-state index in [4.69, 9.17) is 14.3 Å². The molecule has 5 aromatic rings. The van der Waals surface area contributed by atoms with Crippen LogP contribution in [0.5, 0.6) is 5.75 Å². The first-order valence-electron chi connectivity index (χ1n) is 12.1. The van der Waals surface area contributed by atoms with E-state index in [0.717, 1.165) is 22.3 Å². The number of hydrogen-bond donors (Lipinski definition) is 2. The van der Waals surface area contributed by atoms with Gasteiger partial charge in [0.1, 0.15) is 17.9 Å². The number of nitrogens with zero attached hydrogens (tertiary/aromatic N) is 4. The second-order valence-electron chi connectivity index (χ2n) is 8.71. The highest BCUT2D eigenvalue weighted by molar-refractivity contribution is 5.88. The molecule has 0 radical (unpaired) electrons. The van der Waals surface area contributed by atoms with Crippen molar-refractivity contribution in [3.05, 3.63) is 78.5 Å². The minimum Gasteiger partial charge on any atom is -0.496 e. The predicted octanol–water partition coefficient (Wildman–Crippen LogP) is 5.34.